The average molecular weight is 378 g/mol. The lowest BCUT2D eigenvalue weighted by Gasteiger charge is -2.06. The molecular weight excluding hydrogens is 356 g/mol. The Balaban J connectivity index is 0.000000161. The number of nitrogen functional groups attached to an aromatic ring is 2. The summed E-state index contributed by atoms with van der Waals surface area (Å²) in [5, 5.41) is 13.1. The van der Waals surface area contributed by atoms with E-state index < -0.39 is 0 Å². The summed E-state index contributed by atoms with van der Waals surface area (Å²) in [7, 11) is 3.27. The summed E-state index contributed by atoms with van der Waals surface area (Å²) in [4.78, 5) is 0. The molecule has 0 radical (unpaired) electrons. The monoisotopic (exact) mass is 378 g/mol. The summed E-state index contributed by atoms with van der Waals surface area (Å²) in [5.41, 5.74) is 15.1. The van der Waals surface area contributed by atoms with Crippen molar-refractivity contribution in [1.29, 1.82) is 0 Å². The van der Waals surface area contributed by atoms with E-state index in [0.29, 0.717) is 11.6 Å². The number of hydrogen-bond acceptors (Lipinski definition) is 6. The van der Waals surface area contributed by atoms with Gasteiger partial charge in [0.25, 0.3) is 0 Å². The van der Waals surface area contributed by atoms with Crippen molar-refractivity contribution in [3.8, 4) is 33.8 Å². The standard InChI is InChI=1S/2C10H11N3O/c2*1-14-9-5-3-2-4-7(9)8-6-12-13-10(8)11/h2*2-6H,1H3,(H3,11,12,13). The number of para-hydroxylation sites is 2. The first kappa shape index (κ1) is 18.8. The molecule has 0 saturated heterocycles. The van der Waals surface area contributed by atoms with Gasteiger partial charge in [0.15, 0.2) is 0 Å². The van der Waals surface area contributed by atoms with E-state index in [-0.39, 0.29) is 0 Å². The third kappa shape index (κ3) is 3.90. The predicted octanol–water partition coefficient (Wildman–Crippen LogP) is 3.33. The normalized spacial score (nSPS) is 10.1. The first-order valence-corrected chi connectivity index (χ1v) is 8.50. The fourth-order valence-corrected chi connectivity index (χ4v) is 2.76. The highest BCUT2D eigenvalue weighted by Gasteiger charge is 2.09. The Kier molecular flexibility index (Phi) is 5.81. The largest absolute Gasteiger partial charge is 0.496 e. The van der Waals surface area contributed by atoms with Crippen LogP contribution in [0.5, 0.6) is 11.5 Å². The Bertz CT molecular complexity index is 957. The van der Waals surface area contributed by atoms with Gasteiger partial charge in [0.1, 0.15) is 23.1 Å². The maximum atomic E-state index is 5.72. The first-order chi connectivity index (χ1) is 13.7. The molecule has 0 atom stereocenters. The molecule has 4 aromatic rings. The van der Waals surface area contributed by atoms with Gasteiger partial charge in [-0.25, -0.2) is 0 Å². The summed E-state index contributed by atoms with van der Waals surface area (Å²) in [6, 6.07) is 15.4. The number of nitrogens with zero attached hydrogens (tertiary/aromatic N) is 2. The third-order valence-corrected chi connectivity index (χ3v) is 4.13. The van der Waals surface area contributed by atoms with Crippen molar-refractivity contribution in [2.75, 3.05) is 25.7 Å². The Morgan fingerprint density at radius 3 is 1.36 bits per heavy atom. The van der Waals surface area contributed by atoms with Crippen molar-refractivity contribution in [2.24, 2.45) is 0 Å². The number of rotatable bonds is 4. The van der Waals surface area contributed by atoms with Gasteiger partial charge in [-0.3, -0.25) is 10.2 Å². The Hall–Kier alpha value is -3.94. The minimum absolute atomic E-state index is 0.550. The number of aromatic nitrogens is 4. The van der Waals surface area contributed by atoms with Crippen LogP contribution in [0.3, 0.4) is 0 Å². The number of ether oxygens (including phenoxy) is 2. The van der Waals surface area contributed by atoms with Crippen LogP contribution >= 0.6 is 0 Å². The van der Waals surface area contributed by atoms with Crippen LogP contribution in [0.15, 0.2) is 60.9 Å². The van der Waals surface area contributed by atoms with Crippen molar-refractivity contribution >= 4 is 11.6 Å². The minimum Gasteiger partial charge on any atom is -0.496 e. The van der Waals surface area contributed by atoms with E-state index in [4.69, 9.17) is 20.9 Å². The highest BCUT2D eigenvalue weighted by molar-refractivity contribution is 5.78. The van der Waals surface area contributed by atoms with Gasteiger partial charge in [-0.1, -0.05) is 36.4 Å². The molecule has 4 rings (SSSR count). The number of H-pyrrole nitrogens is 2. The van der Waals surface area contributed by atoms with Crippen molar-refractivity contribution in [2.45, 2.75) is 0 Å². The minimum atomic E-state index is 0.550. The van der Waals surface area contributed by atoms with Crippen LogP contribution in [0.2, 0.25) is 0 Å². The predicted molar refractivity (Wildman–Crippen MR) is 110 cm³/mol. The molecular formula is C20H22N6O2. The zero-order chi connectivity index (χ0) is 19.9. The van der Waals surface area contributed by atoms with Gasteiger partial charge in [-0.05, 0) is 12.1 Å². The topological polar surface area (TPSA) is 128 Å². The van der Waals surface area contributed by atoms with Gasteiger partial charge < -0.3 is 20.9 Å². The Morgan fingerprint density at radius 2 is 1.04 bits per heavy atom. The SMILES string of the molecule is COc1ccccc1-c1cn[nH]c1N.COc1ccccc1-c1cn[nH]c1N. The second-order valence-electron chi connectivity index (χ2n) is 5.80. The molecule has 8 nitrogen and oxygen atoms in total. The molecule has 0 fully saturated rings. The van der Waals surface area contributed by atoms with Crippen molar-refractivity contribution in [1.82, 2.24) is 20.4 Å². The molecule has 0 amide bonds. The van der Waals surface area contributed by atoms with Crippen molar-refractivity contribution < 1.29 is 9.47 Å². The number of benzene rings is 2. The summed E-state index contributed by atoms with van der Waals surface area (Å²) < 4.78 is 10.5. The van der Waals surface area contributed by atoms with Crippen LogP contribution in [0.1, 0.15) is 0 Å². The van der Waals surface area contributed by atoms with Gasteiger partial charge in [-0.2, -0.15) is 10.2 Å². The fourth-order valence-electron chi connectivity index (χ4n) is 2.76. The molecule has 6 N–H and O–H groups in total. The number of nitrogens with two attached hydrogens (primary N) is 2. The van der Waals surface area contributed by atoms with E-state index in [1.807, 2.05) is 48.5 Å². The summed E-state index contributed by atoms with van der Waals surface area (Å²) in [5.74, 6) is 2.69. The summed E-state index contributed by atoms with van der Waals surface area (Å²) in [6.07, 6.45) is 3.38. The second kappa shape index (κ2) is 8.63. The maximum Gasteiger partial charge on any atom is 0.126 e. The van der Waals surface area contributed by atoms with Crippen molar-refractivity contribution in [3.63, 3.8) is 0 Å². The number of hydrogen-bond donors (Lipinski definition) is 4. The van der Waals surface area contributed by atoms with E-state index >= 15 is 0 Å². The average Bonchev–Trinajstić information content (AvgIpc) is 3.36. The lowest BCUT2D eigenvalue weighted by atomic mass is 10.1. The Morgan fingerprint density at radius 1 is 0.643 bits per heavy atom. The van der Waals surface area contributed by atoms with E-state index in [9.17, 15) is 0 Å². The molecule has 0 aliphatic heterocycles. The molecule has 2 aromatic carbocycles. The highest BCUT2D eigenvalue weighted by atomic mass is 16.5. The molecule has 0 saturated carbocycles. The van der Waals surface area contributed by atoms with E-state index in [1.165, 1.54) is 0 Å². The maximum absolute atomic E-state index is 5.72. The molecule has 2 aromatic heterocycles. The lowest BCUT2D eigenvalue weighted by Crippen LogP contribution is -1.90. The Labute approximate surface area is 162 Å². The van der Waals surface area contributed by atoms with Crippen LogP contribution in [-0.4, -0.2) is 34.6 Å². The number of anilines is 2. The molecule has 0 spiro atoms. The molecule has 28 heavy (non-hydrogen) atoms. The van der Waals surface area contributed by atoms with Gasteiger partial charge in [0.2, 0.25) is 0 Å². The summed E-state index contributed by atoms with van der Waals surface area (Å²) in [6.45, 7) is 0. The fraction of sp³-hybridized carbons (Fsp3) is 0.100. The molecule has 0 bridgehead atoms. The summed E-state index contributed by atoms with van der Waals surface area (Å²) >= 11 is 0. The third-order valence-electron chi connectivity index (χ3n) is 4.13. The van der Waals surface area contributed by atoms with Crippen LogP contribution in [0, 0.1) is 0 Å². The molecule has 144 valence electrons. The highest BCUT2D eigenvalue weighted by Crippen LogP contribution is 2.32. The first-order valence-electron chi connectivity index (χ1n) is 8.50. The van der Waals surface area contributed by atoms with Crippen LogP contribution < -0.4 is 20.9 Å². The van der Waals surface area contributed by atoms with Gasteiger partial charge >= 0.3 is 0 Å². The van der Waals surface area contributed by atoms with Gasteiger partial charge in [-0.15, -0.1) is 0 Å². The van der Waals surface area contributed by atoms with Gasteiger partial charge in [0, 0.05) is 22.3 Å². The molecule has 0 aliphatic rings. The van der Waals surface area contributed by atoms with Crippen LogP contribution in [0.4, 0.5) is 11.6 Å². The number of nitrogens with one attached hydrogen (secondary N) is 2. The molecule has 0 unspecified atom stereocenters. The van der Waals surface area contributed by atoms with Crippen molar-refractivity contribution in [3.05, 3.63) is 60.9 Å². The molecule has 8 heteroatoms. The van der Waals surface area contributed by atoms with E-state index in [0.717, 1.165) is 33.8 Å². The van der Waals surface area contributed by atoms with E-state index in [2.05, 4.69) is 20.4 Å². The van der Waals surface area contributed by atoms with E-state index in [1.54, 1.807) is 26.6 Å². The van der Waals surface area contributed by atoms with Crippen LogP contribution in [-0.2, 0) is 0 Å². The second-order valence-corrected chi connectivity index (χ2v) is 5.80. The molecule has 2 heterocycles. The van der Waals surface area contributed by atoms with Gasteiger partial charge in [0.05, 0.1) is 26.6 Å². The smallest absolute Gasteiger partial charge is 0.126 e. The zero-order valence-electron chi connectivity index (χ0n) is 15.6. The lowest BCUT2D eigenvalue weighted by molar-refractivity contribution is 0.416. The molecule has 0 aliphatic carbocycles. The zero-order valence-corrected chi connectivity index (χ0v) is 15.6. The van der Waals surface area contributed by atoms with Crippen LogP contribution in [0.25, 0.3) is 22.3 Å². The number of methoxy groups -OCH3 is 2. The quantitative estimate of drug-likeness (QED) is 0.431. The number of aromatic amines is 2.